The van der Waals surface area contributed by atoms with Crippen LogP contribution in [0.4, 0.5) is 0 Å². The Balaban J connectivity index is 3.17. The molecule has 0 aliphatic carbocycles. The third-order valence-corrected chi connectivity index (χ3v) is 1.65. The molecule has 1 heterocycles. The maximum Gasteiger partial charge on any atom is 0.139 e. The minimum absolute atomic E-state index is 0.197. The Bertz CT molecular complexity index is 221. The number of nitrogens with zero attached hydrogens (tertiary/aromatic N) is 2. The highest BCUT2D eigenvalue weighted by Gasteiger charge is 2.04. The number of hydrogen-bond donors (Lipinski definition) is 1. The van der Waals surface area contributed by atoms with Crippen LogP contribution in [0.25, 0.3) is 0 Å². The molecule has 0 saturated carbocycles. The molecule has 0 aliphatic rings. The molecule has 0 amide bonds. The quantitative estimate of drug-likeness (QED) is 0.660. The van der Waals surface area contributed by atoms with Gasteiger partial charge in [-0.15, -0.1) is 0 Å². The van der Waals surface area contributed by atoms with Gasteiger partial charge in [0, 0.05) is 0 Å². The third-order valence-electron chi connectivity index (χ3n) is 0.998. The standard InChI is InChI=1S/C5H4Cl2N2O/c6-4-3(1-10)5(7)9-2-8-4/h2,10H,1H2. The highest BCUT2D eigenvalue weighted by molar-refractivity contribution is 6.34. The first kappa shape index (κ1) is 7.72. The predicted molar refractivity (Wildman–Crippen MR) is 38.0 cm³/mol. The fraction of sp³-hybridized carbons (Fsp3) is 0.200. The van der Waals surface area contributed by atoms with Crippen LogP contribution in [0, 0.1) is 0 Å². The van der Waals surface area contributed by atoms with Gasteiger partial charge in [-0.2, -0.15) is 0 Å². The Kier molecular flexibility index (Phi) is 2.43. The molecular weight excluding hydrogens is 175 g/mol. The van der Waals surface area contributed by atoms with E-state index in [0.717, 1.165) is 0 Å². The van der Waals surface area contributed by atoms with Crippen molar-refractivity contribution >= 4 is 23.2 Å². The molecule has 1 N–H and O–H groups in total. The molecule has 10 heavy (non-hydrogen) atoms. The summed E-state index contributed by atoms with van der Waals surface area (Å²) in [6.07, 6.45) is 1.24. The second kappa shape index (κ2) is 3.14. The lowest BCUT2D eigenvalue weighted by atomic mass is 10.4. The van der Waals surface area contributed by atoms with Crippen LogP contribution in [-0.2, 0) is 6.61 Å². The van der Waals surface area contributed by atoms with Crippen molar-refractivity contribution in [2.75, 3.05) is 0 Å². The number of hydrogen-bond acceptors (Lipinski definition) is 3. The summed E-state index contributed by atoms with van der Waals surface area (Å²) in [4.78, 5) is 7.24. The van der Waals surface area contributed by atoms with Crippen LogP contribution in [-0.4, -0.2) is 15.1 Å². The van der Waals surface area contributed by atoms with Crippen molar-refractivity contribution in [2.24, 2.45) is 0 Å². The van der Waals surface area contributed by atoms with Gasteiger partial charge in [-0.1, -0.05) is 23.2 Å². The molecule has 0 radical (unpaired) electrons. The number of aromatic nitrogens is 2. The zero-order chi connectivity index (χ0) is 7.56. The van der Waals surface area contributed by atoms with E-state index in [-0.39, 0.29) is 16.9 Å². The van der Waals surface area contributed by atoms with Gasteiger partial charge in [-0.05, 0) is 0 Å². The monoisotopic (exact) mass is 178 g/mol. The molecule has 0 atom stereocenters. The van der Waals surface area contributed by atoms with Gasteiger partial charge in [0.1, 0.15) is 16.6 Å². The average molecular weight is 179 g/mol. The van der Waals surface area contributed by atoms with Gasteiger partial charge in [0.25, 0.3) is 0 Å². The summed E-state index contributed by atoms with van der Waals surface area (Å²) in [5, 5.41) is 9.04. The first-order valence-electron chi connectivity index (χ1n) is 2.51. The Morgan fingerprint density at radius 2 is 1.80 bits per heavy atom. The minimum atomic E-state index is -0.238. The molecule has 0 aromatic carbocycles. The van der Waals surface area contributed by atoms with E-state index in [1.807, 2.05) is 0 Å². The zero-order valence-corrected chi connectivity index (χ0v) is 6.39. The summed E-state index contributed by atoms with van der Waals surface area (Å²) in [5.41, 5.74) is 0.367. The Hall–Kier alpha value is -0.380. The van der Waals surface area contributed by atoms with Gasteiger partial charge in [0.2, 0.25) is 0 Å². The molecule has 54 valence electrons. The molecule has 1 rings (SSSR count). The lowest BCUT2D eigenvalue weighted by Gasteiger charge is -1.98. The van der Waals surface area contributed by atoms with E-state index in [1.54, 1.807) is 0 Å². The third kappa shape index (κ3) is 1.37. The SMILES string of the molecule is OCc1c(Cl)ncnc1Cl. The highest BCUT2D eigenvalue weighted by atomic mass is 35.5. The van der Waals surface area contributed by atoms with Gasteiger partial charge in [-0.3, -0.25) is 0 Å². The summed E-state index contributed by atoms with van der Waals surface area (Å²) >= 11 is 11.1. The topological polar surface area (TPSA) is 46.0 Å². The largest absolute Gasteiger partial charge is 0.391 e. The molecule has 0 saturated heterocycles. The van der Waals surface area contributed by atoms with Gasteiger partial charge >= 0.3 is 0 Å². The van der Waals surface area contributed by atoms with Crippen LogP contribution in [0.15, 0.2) is 6.33 Å². The molecule has 1 aromatic rings. The first-order valence-corrected chi connectivity index (χ1v) is 3.27. The molecule has 0 bridgehead atoms. The van der Waals surface area contributed by atoms with Crippen molar-refractivity contribution in [3.63, 3.8) is 0 Å². The molecule has 0 aliphatic heterocycles. The van der Waals surface area contributed by atoms with E-state index in [4.69, 9.17) is 28.3 Å². The molecular formula is C5H4Cl2N2O. The summed E-state index contributed by atoms with van der Waals surface area (Å²) < 4.78 is 0. The van der Waals surface area contributed by atoms with Crippen molar-refractivity contribution in [3.05, 3.63) is 22.2 Å². The molecule has 0 fully saturated rings. The molecule has 3 nitrogen and oxygen atoms in total. The maximum absolute atomic E-state index is 8.65. The minimum Gasteiger partial charge on any atom is -0.391 e. The lowest BCUT2D eigenvalue weighted by molar-refractivity contribution is 0.281. The van der Waals surface area contributed by atoms with Crippen LogP contribution in [0.5, 0.6) is 0 Å². The van der Waals surface area contributed by atoms with Gasteiger partial charge < -0.3 is 5.11 Å². The lowest BCUT2D eigenvalue weighted by Crippen LogP contribution is -1.91. The number of aliphatic hydroxyl groups is 1. The fourth-order valence-corrected chi connectivity index (χ4v) is 0.936. The molecule has 0 spiro atoms. The summed E-state index contributed by atoms with van der Waals surface area (Å²) in [7, 11) is 0. The van der Waals surface area contributed by atoms with Crippen molar-refractivity contribution < 1.29 is 5.11 Å². The Morgan fingerprint density at radius 1 is 1.30 bits per heavy atom. The zero-order valence-electron chi connectivity index (χ0n) is 4.88. The Morgan fingerprint density at radius 3 is 2.10 bits per heavy atom. The van der Waals surface area contributed by atoms with E-state index >= 15 is 0 Å². The van der Waals surface area contributed by atoms with E-state index < -0.39 is 0 Å². The number of aliphatic hydroxyl groups excluding tert-OH is 1. The van der Waals surface area contributed by atoms with Crippen LogP contribution in [0.1, 0.15) is 5.56 Å². The highest BCUT2D eigenvalue weighted by Crippen LogP contribution is 2.18. The van der Waals surface area contributed by atoms with Crippen molar-refractivity contribution in [1.29, 1.82) is 0 Å². The number of rotatable bonds is 1. The Labute approximate surface area is 67.6 Å². The fourth-order valence-electron chi connectivity index (χ4n) is 0.502. The summed E-state index contributed by atoms with van der Waals surface area (Å²) in [6.45, 7) is -0.238. The van der Waals surface area contributed by atoms with Crippen molar-refractivity contribution in [3.8, 4) is 0 Å². The summed E-state index contributed by atoms with van der Waals surface area (Å²) in [6, 6.07) is 0. The van der Waals surface area contributed by atoms with Gasteiger partial charge in [-0.25, -0.2) is 9.97 Å². The van der Waals surface area contributed by atoms with Crippen LogP contribution in [0.3, 0.4) is 0 Å². The second-order valence-electron chi connectivity index (χ2n) is 1.59. The van der Waals surface area contributed by atoms with E-state index in [1.165, 1.54) is 6.33 Å². The van der Waals surface area contributed by atoms with Gasteiger partial charge in [0.05, 0.1) is 12.2 Å². The average Bonchev–Trinajstić information content (AvgIpc) is 1.88. The first-order chi connectivity index (χ1) is 4.75. The molecule has 1 aromatic heterocycles. The summed E-state index contributed by atoms with van der Waals surface area (Å²) in [5.74, 6) is 0. The van der Waals surface area contributed by atoms with Gasteiger partial charge in [0.15, 0.2) is 0 Å². The van der Waals surface area contributed by atoms with Crippen LogP contribution < -0.4 is 0 Å². The smallest absolute Gasteiger partial charge is 0.139 e. The molecule has 5 heteroatoms. The van der Waals surface area contributed by atoms with Crippen LogP contribution >= 0.6 is 23.2 Å². The predicted octanol–water partition coefficient (Wildman–Crippen LogP) is 1.28. The van der Waals surface area contributed by atoms with Crippen LogP contribution in [0.2, 0.25) is 10.3 Å². The molecule has 0 unspecified atom stereocenters. The van der Waals surface area contributed by atoms with E-state index in [0.29, 0.717) is 5.56 Å². The van der Waals surface area contributed by atoms with Crippen molar-refractivity contribution in [1.82, 2.24) is 9.97 Å². The second-order valence-corrected chi connectivity index (χ2v) is 2.31. The van der Waals surface area contributed by atoms with E-state index in [2.05, 4.69) is 9.97 Å². The van der Waals surface area contributed by atoms with Crippen molar-refractivity contribution in [2.45, 2.75) is 6.61 Å². The normalized spacial score (nSPS) is 9.90. The van der Waals surface area contributed by atoms with E-state index in [9.17, 15) is 0 Å². The number of halogens is 2. The maximum atomic E-state index is 8.65.